The Kier molecular flexibility index (Phi) is 8.39. The molecule has 3 atom stereocenters. The first kappa shape index (κ1) is 23.5. The van der Waals surface area contributed by atoms with Crippen LogP contribution in [0.25, 0.3) is 0 Å². The minimum atomic E-state index is -1.01. The van der Waals surface area contributed by atoms with Crippen molar-refractivity contribution in [2.24, 2.45) is 0 Å². The highest BCUT2D eigenvalue weighted by Crippen LogP contribution is 2.36. The van der Waals surface area contributed by atoms with Crippen LogP contribution in [0.1, 0.15) is 43.4 Å². The molecule has 1 saturated heterocycles. The van der Waals surface area contributed by atoms with E-state index in [0.717, 1.165) is 11.1 Å². The van der Waals surface area contributed by atoms with Crippen molar-refractivity contribution >= 4 is 17.8 Å². The van der Waals surface area contributed by atoms with Crippen LogP contribution in [0.4, 0.5) is 0 Å². The first-order valence-corrected chi connectivity index (χ1v) is 11.0. The van der Waals surface area contributed by atoms with E-state index in [1.165, 1.54) is 4.90 Å². The number of carboxylic acid groups (broad SMARTS) is 1. The maximum Gasteiger partial charge on any atom is 0.326 e. The fourth-order valence-electron chi connectivity index (χ4n) is 4.21. The molecule has 1 aliphatic heterocycles. The number of ether oxygens (including phenoxy) is 1. The second-order valence-electron chi connectivity index (χ2n) is 7.87. The van der Waals surface area contributed by atoms with Crippen LogP contribution >= 0.6 is 0 Å². The Bertz CT molecular complexity index is 903. The number of esters is 1. The number of likely N-dealkylation sites (tertiary alicyclic amines) is 1. The number of hydrogen-bond donors (Lipinski definition) is 2. The van der Waals surface area contributed by atoms with Crippen molar-refractivity contribution in [3.63, 3.8) is 0 Å². The minimum Gasteiger partial charge on any atom is -0.480 e. The zero-order valence-corrected chi connectivity index (χ0v) is 18.3. The van der Waals surface area contributed by atoms with E-state index < -0.39 is 24.0 Å². The number of nitrogens with one attached hydrogen (secondary N) is 1. The topological polar surface area (TPSA) is 95.9 Å². The van der Waals surface area contributed by atoms with E-state index in [4.69, 9.17) is 4.74 Å². The Balaban J connectivity index is 1.69. The summed E-state index contributed by atoms with van der Waals surface area (Å²) in [7, 11) is 0. The summed E-state index contributed by atoms with van der Waals surface area (Å²) in [6.45, 7) is 1.86. The summed E-state index contributed by atoms with van der Waals surface area (Å²) in [5.41, 5.74) is 2.00. The van der Waals surface area contributed by atoms with Gasteiger partial charge >= 0.3 is 11.9 Å². The third-order valence-electron chi connectivity index (χ3n) is 5.78. The Morgan fingerprint density at radius 1 is 1.06 bits per heavy atom. The molecule has 0 bridgehead atoms. The predicted molar refractivity (Wildman–Crippen MR) is 120 cm³/mol. The number of carbonyl (C=O) groups excluding carboxylic acids is 2. The minimum absolute atomic E-state index is 0.134. The molecule has 2 unspecified atom stereocenters. The van der Waals surface area contributed by atoms with Gasteiger partial charge in [-0.2, -0.15) is 0 Å². The number of aryl methyl sites for hydroxylation is 1. The van der Waals surface area contributed by atoms with E-state index in [1.54, 1.807) is 6.92 Å². The monoisotopic (exact) mass is 438 g/mol. The molecule has 7 nitrogen and oxygen atoms in total. The Morgan fingerprint density at radius 2 is 1.72 bits per heavy atom. The molecule has 0 radical (unpaired) electrons. The van der Waals surface area contributed by atoms with Crippen LogP contribution in [-0.4, -0.2) is 53.1 Å². The number of benzene rings is 2. The third-order valence-corrected chi connectivity index (χ3v) is 5.78. The van der Waals surface area contributed by atoms with Gasteiger partial charge in [-0.15, -0.1) is 0 Å². The fourth-order valence-corrected chi connectivity index (χ4v) is 4.21. The van der Waals surface area contributed by atoms with Crippen molar-refractivity contribution in [3.05, 3.63) is 71.8 Å². The second kappa shape index (κ2) is 11.4. The average molecular weight is 439 g/mol. The predicted octanol–water partition coefficient (Wildman–Crippen LogP) is 2.96. The number of aliphatic carboxylic acids is 1. The number of carbonyl (C=O) groups is 3. The van der Waals surface area contributed by atoms with Crippen LogP contribution in [0.3, 0.4) is 0 Å². The van der Waals surface area contributed by atoms with Gasteiger partial charge < -0.3 is 14.7 Å². The Labute approximate surface area is 188 Å². The summed E-state index contributed by atoms with van der Waals surface area (Å²) < 4.78 is 5.18. The van der Waals surface area contributed by atoms with Crippen LogP contribution in [0.15, 0.2) is 60.7 Å². The number of hydrogen-bond acceptors (Lipinski definition) is 5. The number of nitrogens with zero attached hydrogens (tertiary/aromatic N) is 1. The lowest BCUT2D eigenvalue weighted by atomic mass is 10.0. The van der Waals surface area contributed by atoms with Crippen LogP contribution in [0, 0.1) is 0 Å². The molecule has 2 aromatic carbocycles. The van der Waals surface area contributed by atoms with Crippen LogP contribution in [0.2, 0.25) is 0 Å². The molecule has 1 fully saturated rings. The lowest BCUT2D eigenvalue weighted by molar-refractivity contribution is -0.150. The summed E-state index contributed by atoms with van der Waals surface area (Å²) in [5, 5.41) is 12.7. The van der Waals surface area contributed by atoms with Crippen molar-refractivity contribution in [3.8, 4) is 0 Å². The van der Waals surface area contributed by atoms with Crippen LogP contribution in [0.5, 0.6) is 0 Å². The summed E-state index contributed by atoms with van der Waals surface area (Å²) in [6.07, 6.45) is 2.11. The van der Waals surface area contributed by atoms with E-state index in [0.29, 0.717) is 25.7 Å². The summed E-state index contributed by atoms with van der Waals surface area (Å²) >= 11 is 0. The zero-order valence-electron chi connectivity index (χ0n) is 18.3. The first-order valence-electron chi connectivity index (χ1n) is 11.0. The standard InChI is InChI=1S/C25H30N2O5/c1-2-32-25(31)20(14-13-18-9-5-3-6-10-18)26-17-23(28)27-21(15-16-22(27)24(29)30)19-11-7-4-8-12-19/h3-12,20-22,26H,2,13-17H2,1H3,(H,29,30)/t20?,21?,22-/m0/s1. The number of amides is 1. The van der Waals surface area contributed by atoms with E-state index in [1.807, 2.05) is 60.7 Å². The molecule has 0 saturated carbocycles. The molecule has 32 heavy (non-hydrogen) atoms. The van der Waals surface area contributed by atoms with Crippen molar-refractivity contribution in [2.45, 2.75) is 50.7 Å². The third kappa shape index (κ3) is 5.95. The van der Waals surface area contributed by atoms with Gasteiger partial charge in [0.15, 0.2) is 0 Å². The lowest BCUT2D eigenvalue weighted by Gasteiger charge is -2.29. The van der Waals surface area contributed by atoms with Crippen molar-refractivity contribution in [1.82, 2.24) is 10.2 Å². The van der Waals surface area contributed by atoms with E-state index in [9.17, 15) is 19.5 Å². The molecule has 7 heteroatoms. The van der Waals surface area contributed by atoms with Gasteiger partial charge in [0.2, 0.25) is 5.91 Å². The highest BCUT2D eigenvalue weighted by atomic mass is 16.5. The van der Waals surface area contributed by atoms with Crippen LogP contribution in [-0.2, 0) is 25.5 Å². The molecule has 0 spiro atoms. The van der Waals surface area contributed by atoms with E-state index in [2.05, 4.69) is 5.32 Å². The van der Waals surface area contributed by atoms with Crippen molar-refractivity contribution in [2.75, 3.05) is 13.2 Å². The summed E-state index contributed by atoms with van der Waals surface area (Å²) in [5.74, 6) is -1.76. The van der Waals surface area contributed by atoms with Gasteiger partial charge in [-0.25, -0.2) is 4.79 Å². The van der Waals surface area contributed by atoms with E-state index in [-0.39, 0.29) is 25.1 Å². The van der Waals surface area contributed by atoms with Crippen molar-refractivity contribution < 1.29 is 24.2 Å². The molecule has 1 heterocycles. The van der Waals surface area contributed by atoms with Crippen molar-refractivity contribution in [1.29, 1.82) is 0 Å². The fraction of sp³-hybridized carbons (Fsp3) is 0.400. The van der Waals surface area contributed by atoms with Gasteiger partial charge in [0, 0.05) is 0 Å². The highest BCUT2D eigenvalue weighted by molar-refractivity contribution is 5.86. The largest absolute Gasteiger partial charge is 0.480 e. The van der Waals surface area contributed by atoms with E-state index >= 15 is 0 Å². The maximum atomic E-state index is 13.2. The van der Waals surface area contributed by atoms with Gasteiger partial charge in [-0.1, -0.05) is 60.7 Å². The SMILES string of the molecule is CCOC(=O)C(CCc1ccccc1)NCC(=O)N1C(c2ccccc2)CC[C@H]1C(=O)O. The zero-order chi connectivity index (χ0) is 22.9. The number of rotatable bonds is 10. The van der Waals surface area contributed by atoms with Gasteiger partial charge in [-0.3, -0.25) is 14.9 Å². The second-order valence-corrected chi connectivity index (χ2v) is 7.87. The normalized spacial score (nSPS) is 18.8. The Morgan fingerprint density at radius 3 is 2.34 bits per heavy atom. The molecule has 2 N–H and O–H groups in total. The smallest absolute Gasteiger partial charge is 0.326 e. The molecule has 1 aliphatic rings. The molecule has 1 amide bonds. The molecule has 3 rings (SSSR count). The molecule has 0 aliphatic carbocycles. The molecule has 0 aromatic heterocycles. The molecular weight excluding hydrogens is 408 g/mol. The quantitative estimate of drug-likeness (QED) is 0.554. The van der Waals surface area contributed by atoms with Gasteiger partial charge in [0.05, 0.1) is 19.2 Å². The lowest BCUT2D eigenvalue weighted by Crippen LogP contribution is -2.49. The summed E-state index contributed by atoms with van der Waals surface area (Å²) in [4.78, 5) is 38.8. The molecule has 170 valence electrons. The van der Waals surface area contributed by atoms with Gasteiger partial charge in [0.25, 0.3) is 0 Å². The van der Waals surface area contributed by atoms with Crippen LogP contribution < -0.4 is 5.32 Å². The average Bonchev–Trinajstić information content (AvgIpc) is 3.26. The molecule has 2 aromatic rings. The van der Waals surface area contributed by atoms with Gasteiger partial charge in [0.1, 0.15) is 12.1 Å². The highest BCUT2D eigenvalue weighted by Gasteiger charge is 2.41. The van der Waals surface area contributed by atoms with Gasteiger partial charge in [-0.05, 0) is 43.7 Å². The summed E-state index contributed by atoms with van der Waals surface area (Å²) in [6, 6.07) is 17.4. The Hall–Kier alpha value is -3.19. The number of carboxylic acids is 1. The first-order chi connectivity index (χ1) is 15.5. The maximum absolute atomic E-state index is 13.2. The molecular formula is C25H30N2O5.